The van der Waals surface area contributed by atoms with E-state index in [0.29, 0.717) is 11.7 Å². The summed E-state index contributed by atoms with van der Waals surface area (Å²) in [6.45, 7) is 2.10. The minimum absolute atomic E-state index is 0.0130. The first-order valence-corrected chi connectivity index (χ1v) is 11.5. The van der Waals surface area contributed by atoms with Gasteiger partial charge in [-0.15, -0.1) is 11.3 Å². The quantitative estimate of drug-likeness (QED) is 0.392. The lowest BCUT2D eigenvalue weighted by Gasteiger charge is -2.04. The number of hydrogen-bond donors (Lipinski definition) is 2. The fourth-order valence-electron chi connectivity index (χ4n) is 3.68. The number of amides is 2. The van der Waals surface area contributed by atoms with Crippen LogP contribution in [0.25, 0.3) is 22.3 Å². The molecule has 0 aliphatic heterocycles. The molecule has 0 aliphatic carbocycles. The van der Waals surface area contributed by atoms with E-state index >= 15 is 0 Å². The second-order valence-electron chi connectivity index (χ2n) is 7.79. The van der Waals surface area contributed by atoms with Crippen molar-refractivity contribution in [1.82, 2.24) is 19.4 Å². The number of hydrogen-bond acceptors (Lipinski definition) is 5. The van der Waals surface area contributed by atoms with Gasteiger partial charge in [-0.3, -0.25) is 18.7 Å². The number of nitrogens with zero attached hydrogens (tertiary/aromatic N) is 3. The molecule has 0 radical (unpaired) electrons. The van der Waals surface area contributed by atoms with E-state index < -0.39 is 0 Å². The molecule has 0 saturated carbocycles. The van der Waals surface area contributed by atoms with Crippen molar-refractivity contribution in [3.8, 4) is 11.3 Å². The maximum atomic E-state index is 12.6. The van der Waals surface area contributed by atoms with E-state index in [1.54, 1.807) is 7.05 Å². The van der Waals surface area contributed by atoms with Crippen molar-refractivity contribution >= 4 is 39.3 Å². The standard InChI is InChI=1S/C24H25N5O3S/c1-16(30)25-13-5-6-17-9-11-18(12-10-17)19-15-33-23(26-19)27-22(31)14-29-21-8-4-3-7-20(21)28(2)24(29)32/h3-4,7-12,15H,5-6,13-14H2,1-2H3,(H,25,30)(H,26,27,31). The van der Waals surface area contributed by atoms with Gasteiger partial charge in [0.25, 0.3) is 0 Å². The third kappa shape index (κ3) is 5.20. The molecule has 9 heteroatoms. The van der Waals surface area contributed by atoms with Crippen molar-refractivity contribution in [2.75, 3.05) is 11.9 Å². The number of aryl methyl sites for hydroxylation is 2. The Labute approximate surface area is 194 Å². The number of carbonyl (C=O) groups excluding carboxylic acids is 2. The number of rotatable bonds is 8. The highest BCUT2D eigenvalue weighted by Crippen LogP contribution is 2.25. The molecule has 0 fully saturated rings. The van der Waals surface area contributed by atoms with Crippen LogP contribution < -0.4 is 16.3 Å². The van der Waals surface area contributed by atoms with Crippen LogP contribution in [0.4, 0.5) is 5.13 Å². The molecule has 170 valence electrons. The number of aromatic nitrogens is 3. The summed E-state index contributed by atoms with van der Waals surface area (Å²) in [6, 6.07) is 15.5. The molecule has 33 heavy (non-hydrogen) atoms. The summed E-state index contributed by atoms with van der Waals surface area (Å²) in [7, 11) is 1.69. The van der Waals surface area contributed by atoms with E-state index in [1.807, 2.05) is 53.9 Å². The minimum Gasteiger partial charge on any atom is -0.356 e. The number of carbonyl (C=O) groups is 2. The van der Waals surface area contributed by atoms with Crippen molar-refractivity contribution < 1.29 is 9.59 Å². The van der Waals surface area contributed by atoms with Crippen molar-refractivity contribution in [3.05, 3.63) is 70.0 Å². The van der Waals surface area contributed by atoms with E-state index in [9.17, 15) is 14.4 Å². The molecule has 0 unspecified atom stereocenters. The molecule has 8 nitrogen and oxygen atoms in total. The zero-order valence-corrected chi connectivity index (χ0v) is 19.3. The molecule has 0 bridgehead atoms. The maximum absolute atomic E-state index is 12.6. The van der Waals surface area contributed by atoms with Gasteiger partial charge in [0, 0.05) is 31.5 Å². The highest BCUT2D eigenvalue weighted by atomic mass is 32.1. The normalized spacial score (nSPS) is 11.0. The summed E-state index contributed by atoms with van der Waals surface area (Å²) >= 11 is 1.34. The Kier molecular flexibility index (Phi) is 6.69. The predicted octanol–water partition coefficient (Wildman–Crippen LogP) is 3.17. The van der Waals surface area contributed by atoms with Gasteiger partial charge in [0.1, 0.15) is 6.54 Å². The molecule has 2 N–H and O–H groups in total. The van der Waals surface area contributed by atoms with Gasteiger partial charge in [0.15, 0.2) is 5.13 Å². The Balaban J connectivity index is 1.38. The van der Waals surface area contributed by atoms with Crippen molar-refractivity contribution in [3.63, 3.8) is 0 Å². The second-order valence-corrected chi connectivity index (χ2v) is 8.64. The molecule has 2 aromatic heterocycles. The van der Waals surface area contributed by atoms with Gasteiger partial charge in [-0.2, -0.15) is 0 Å². The first kappa shape index (κ1) is 22.5. The average molecular weight is 464 g/mol. The summed E-state index contributed by atoms with van der Waals surface area (Å²) in [4.78, 5) is 40.6. The maximum Gasteiger partial charge on any atom is 0.329 e. The van der Waals surface area contributed by atoms with Crippen LogP contribution in [-0.2, 0) is 29.6 Å². The summed E-state index contributed by atoms with van der Waals surface area (Å²) in [5.74, 6) is -0.315. The van der Waals surface area contributed by atoms with E-state index in [-0.39, 0.29) is 24.0 Å². The fraction of sp³-hybridized carbons (Fsp3) is 0.250. The molecule has 0 aliphatic rings. The first-order valence-electron chi connectivity index (χ1n) is 10.7. The van der Waals surface area contributed by atoms with Gasteiger partial charge in [0.05, 0.1) is 16.7 Å². The van der Waals surface area contributed by atoms with E-state index in [0.717, 1.165) is 35.1 Å². The zero-order chi connectivity index (χ0) is 23.4. The summed E-state index contributed by atoms with van der Waals surface area (Å²) in [5.41, 5.74) is 4.20. The summed E-state index contributed by atoms with van der Waals surface area (Å²) in [6.07, 6.45) is 1.76. The van der Waals surface area contributed by atoms with Crippen LogP contribution in [0, 0.1) is 0 Å². The zero-order valence-electron chi connectivity index (χ0n) is 18.5. The number of para-hydroxylation sites is 2. The Bertz CT molecular complexity index is 1350. The number of fused-ring (bicyclic) bond motifs is 1. The number of thiazole rings is 1. The Hall–Kier alpha value is -3.72. The molecule has 2 heterocycles. The van der Waals surface area contributed by atoms with Crippen molar-refractivity contribution in [2.45, 2.75) is 26.3 Å². The van der Waals surface area contributed by atoms with Gasteiger partial charge < -0.3 is 10.6 Å². The molecular formula is C24H25N5O3S. The topological polar surface area (TPSA) is 98.0 Å². The summed E-state index contributed by atoms with van der Waals surface area (Å²) in [5, 5.41) is 7.98. The number of anilines is 1. The van der Waals surface area contributed by atoms with Crippen LogP contribution in [0.5, 0.6) is 0 Å². The van der Waals surface area contributed by atoms with Crippen molar-refractivity contribution in [2.24, 2.45) is 7.05 Å². The highest BCUT2D eigenvalue weighted by molar-refractivity contribution is 7.14. The average Bonchev–Trinajstić information content (AvgIpc) is 3.36. The molecule has 4 aromatic rings. The molecule has 0 saturated heterocycles. The third-order valence-corrected chi connectivity index (χ3v) is 6.13. The number of nitrogens with one attached hydrogen (secondary N) is 2. The predicted molar refractivity (Wildman–Crippen MR) is 130 cm³/mol. The number of benzene rings is 2. The van der Waals surface area contributed by atoms with Crippen LogP contribution in [-0.4, -0.2) is 32.5 Å². The van der Waals surface area contributed by atoms with E-state index in [2.05, 4.69) is 15.6 Å². The van der Waals surface area contributed by atoms with Crippen LogP contribution in [0.2, 0.25) is 0 Å². The molecule has 2 amide bonds. The molecule has 0 atom stereocenters. The Morgan fingerprint density at radius 1 is 1.06 bits per heavy atom. The van der Waals surface area contributed by atoms with E-state index in [1.165, 1.54) is 33.0 Å². The van der Waals surface area contributed by atoms with Crippen LogP contribution in [0.3, 0.4) is 0 Å². The SMILES string of the molecule is CC(=O)NCCCc1ccc(-c2csc(NC(=O)Cn3c(=O)n(C)c4ccccc43)n2)cc1. The van der Waals surface area contributed by atoms with Crippen LogP contribution in [0.1, 0.15) is 18.9 Å². The molecule has 4 rings (SSSR count). The molecule has 0 spiro atoms. The van der Waals surface area contributed by atoms with Gasteiger partial charge in [0.2, 0.25) is 11.8 Å². The van der Waals surface area contributed by atoms with Gasteiger partial charge >= 0.3 is 5.69 Å². The minimum atomic E-state index is -0.302. The number of imidazole rings is 1. The van der Waals surface area contributed by atoms with Crippen LogP contribution >= 0.6 is 11.3 Å². The van der Waals surface area contributed by atoms with Crippen LogP contribution in [0.15, 0.2) is 58.7 Å². The van der Waals surface area contributed by atoms with Crippen molar-refractivity contribution in [1.29, 1.82) is 0 Å². The molecule has 2 aromatic carbocycles. The van der Waals surface area contributed by atoms with E-state index in [4.69, 9.17) is 0 Å². The lowest BCUT2D eigenvalue weighted by molar-refractivity contribution is -0.119. The van der Waals surface area contributed by atoms with Gasteiger partial charge in [-0.25, -0.2) is 9.78 Å². The smallest absolute Gasteiger partial charge is 0.329 e. The molecular weight excluding hydrogens is 438 g/mol. The van der Waals surface area contributed by atoms with Gasteiger partial charge in [-0.05, 0) is 30.5 Å². The first-order chi connectivity index (χ1) is 15.9. The Morgan fingerprint density at radius 3 is 2.52 bits per heavy atom. The second kappa shape index (κ2) is 9.83. The lowest BCUT2D eigenvalue weighted by Crippen LogP contribution is -2.28. The lowest BCUT2D eigenvalue weighted by atomic mass is 10.1. The highest BCUT2D eigenvalue weighted by Gasteiger charge is 2.14. The third-order valence-electron chi connectivity index (χ3n) is 5.37. The largest absolute Gasteiger partial charge is 0.356 e. The monoisotopic (exact) mass is 463 g/mol. The van der Waals surface area contributed by atoms with Gasteiger partial charge in [-0.1, -0.05) is 36.4 Å². The fourth-order valence-corrected chi connectivity index (χ4v) is 4.42. The summed E-state index contributed by atoms with van der Waals surface area (Å²) < 4.78 is 3.00. The Morgan fingerprint density at radius 2 is 1.79 bits per heavy atom.